The third-order valence-corrected chi connectivity index (χ3v) is 2.67. The monoisotopic (exact) mass is 252 g/mol. The Hall–Kier alpha value is -1.74. The standard InChI is InChI=1S/C13H7ClF2O/c14-11-5-8(7-17)1-3-10(11)9-2-4-12(15)13(16)6-9/h1-7H. The minimum atomic E-state index is -0.932. The van der Waals surface area contributed by atoms with Gasteiger partial charge in [-0.25, -0.2) is 8.78 Å². The van der Waals surface area contributed by atoms with E-state index in [9.17, 15) is 13.6 Å². The van der Waals surface area contributed by atoms with Gasteiger partial charge in [0.1, 0.15) is 6.29 Å². The molecule has 0 heterocycles. The van der Waals surface area contributed by atoms with Crippen molar-refractivity contribution in [1.29, 1.82) is 0 Å². The van der Waals surface area contributed by atoms with Crippen LogP contribution in [0.3, 0.4) is 0 Å². The molecule has 4 heteroatoms. The van der Waals surface area contributed by atoms with Crippen molar-refractivity contribution in [2.24, 2.45) is 0 Å². The predicted octanol–water partition coefficient (Wildman–Crippen LogP) is 4.10. The lowest BCUT2D eigenvalue weighted by Gasteiger charge is -2.05. The number of carbonyl (C=O) groups excluding carboxylic acids is 1. The summed E-state index contributed by atoms with van der Waals surface area (Å²) in [5, 5.41) is 0.320. The summed E-state index contributed by atoms with van der Waals surface area (Å²) in [6, 6.07) is 8.17. The second-order valence-corrected chi connectivity index (χ2v) is 3.89. The van der Waals surface area contributed by atoms with E-state index in [1.54, 1.807) is 12.1 Å². The van der Waals surface area contributed by atoms with Crippen LogP contribution in [-0.4, -0.2) is 6.29 Å². The topological polar surface area (TPSA) is 17.1 Å². The van der Waals surface area contributed by atoms with Crippen LogP contribution >= 0.6 is 11.6 Å². The SMILES string of the molecule is O=Cc1ccc(-c2ccc(F)c(F)c2)c(Cl)c1. The maximum absolute atomic E-state index is 13.1. The average molecular weight is 253 g/mol. The van der Waals surface area contributed by atoms with E-state index < -0.39 is 11.6 Å². The third-order valence-electron chi connectivity index (χ3n) is 2.36. The van der Waals surface area contributed by atoms with E-state index in [0.29, 0.717) is 28.0 Å². The van der Waals surface area contributed by atoms with E-state index in [4.69, 9.17) is 11.6 Å². The Bertz CT molecular complexity index is 582. The van der Waals surface area contributed by atoms with Gasteiger partial charge in [0.2, 0.25) is 0 Å². The van der Waals surface area contributed by atoms with Gasteiger partial charge >= 0.3 is 0 Å². The van der Waals surface area contributed by atoms with Crippen molar-refractivity contribution in [2.75, 3.05) is 0 Å². The number of benzene rings is 2. The van der Waals surface area contributed by atoms with E-state index in [-0.39, 0.29) is 0 Å². The lowest BCUT2D eigenvalue weighted by Crippen LogP contribution is -1.87. The predicted molar refractivity (Wildman–Crippen MR) is 62.2 cm³/mol. The summed E-state index contributed by atoms with van der Waals surface area (Å²) in [4.78, 5) is 10.5. The van der Waals surface area contributed by atoms with Gasteiger partial charge < -0.3 is 0 Å². The average Bonchev–Trinajstić information content (AvgIpc) is 2.32. The van der Waals surface area contributed by atoms with Crippen LogP contribution in [0.4, 0.5) is 8.78 Å². The van der Waals surface area contributed by atoms with E-state index in [2.05, 4.69) is 0 Å². The number of carbonyl (C=O) groups is 1. The molecule has 0 radical (unpaired) electrons. The summed E-state index contributed by atoms with van der Waals surface area (Å²) in [5.74, 6) is -1.84. The van der Waals surface area contributed by atoms with Gasteiger partial charge in [-0.2, -0.15) is 0 Å². The van der Waals surface area contributed by atoms with Gasteiger partial charge in [0, 0.05) is 16.1 Å². The highest BCUT2D eigenvalue weighted by molar-refractivity contribution is 6.33. The molecule has 0 bridgehead atoms. The number of halogens is 3. The first-order chi connectivity index (χ1) is 8.11. The number of hydrogen-bond donors (Lipinski definition) is 0. The van der Waals surface area contributed by atoms with Crippen molar-refractivity contribution in [2.45, 2.75) is 0 Å². The first kappa shape index (κ1) is 11.7. The molecule has 0 aromatic heterocycles. The fraction of sp³-hybridized carbons (Fsp3) is 0. The van der Waals surface area contributed by atoms with Gasteiger partial charge in [0.25, 0.3) is 0 Å². The van der Waals surface area contributed by atoms with Crippen LogP contribution in [0.25, 0.3) is 11.1 Å². The summed E-state index contributed by atoms with van der Waals surface area (Å²) in [5.41, 5.74) is 1.45. The summed E-state index contributed by atoms with van der Waals surface area (Å²) in [7, 11) is 0. The zero-order valence-electron chi connectivity index (χ0n) is 8.58. The largest absolute Gasteiger partial charge is 0.298 e. The Morgan fingerprint density at radius 3 is 2.35 bits per heavy atom. The summed E-state index contributed by atoms with van der Waals surface area (Å²) >= 11 is 5.96. The number of rotatable bonds is 2. The first-order valence-electron chi connectivity index (χ1n) is 4.82. The zero-order chi connectivity index (χ0) is 12.4. The van der Waals surface area contributed by atoms with Crippen molar-refractivity contribution >= 4 is 17.9 Å². The molecule has 2 rings (SSSR count). The van der Waals surface area contributed by atoms with Gasteiger partial charge in [-0.15, -0.1) is 0 Å². The first-order valence-corrected chi connectivity index (χ1v) is 5.20. The van der Waals surface area contributed by atoms with Crippen LogP contribution in [0.1, 0.15) is 10.4 Å². The van der Waals surface area contributed by atoms with Crippen molar-refractivity contribution in [3.8, 4) is 11.1 Å². The van der Waals surface area contributed by atoms with Crippen LogP contribution < -0.4 is 0 Å². The fourth-order valence-corrected chi connectivity index (χ4v) is 1.80. The highest BCUT2D eigenvalue weighted by Crippen LogP contribution is 2.29. The summed E-state index contributed by atoms with van der Waals surface area (Å²) in [6.45, 7) is 0. The van der Waals surface area contributed by atoms with Gasteiger partial charge in [0.15, 0.2) is 11.6 Å². The van der Waals surface area contributed by atoms with Gasteiger partial charge in [-0.3, -0.25) is 4.79 Å². The van der Waals surface area contributed by atoms with Crippen molar-refractivity contribution in [3.63, 3.8) is 0 Å². The lowest BCUT2D eigenvalue weighted by atomic mass is 10.0. The number of hydrogen-bond acceptors (Lipinski definition) is 1. The highest BCUT2D eigenvalue weighted by Gasteiger charge is 2.08. The molecule has 2 aromatic rings. The van der Waals surface area contributed by atoms with E-state index in [0.717, 1.165) is 12.1 Å². The molecule has 17 heavy (non-hydrogen) atoms. The molecular formula is C13H7ClF2O. The highest BCUT2D eigenvalue weighted by atomic mass is 35.5. The minimum absolute atomic E-state index is 0.320. The maximum atomic E-state index is 13.1. The summed E-state index contributed by atoms with van der Waals surface area (Å²) in [6.07, 6.45) is 0.668. The van der Waals surface area contributed by atoms with E-state index >= 15 is 0 Å². The molecule has 2 aromatic carbocycles. The molecule has 0 aliphatic heterocycles. The van der Waals surface area contributed by atoms with E-state index in [1.807, 2.05) is 0 Å². The molecule has 0 N–H and O–H groups in total. The third kappa shape index (κ3) is 2.34. The molecule has 86 valence electrons. The normalized spacial score (nSPS) is 10.3. The van der Waals surface area contributed by atoms with Crippen molar-refractivity contribution in [1.82, 2.24) is 0 Å². The molecule has 0 aliphatic carbocycles. The van der Waals surface area contributed by atoms with Crippen LogP contribution in [0, 0.1) is 11.6 Å². The van der Waals surface area contributed by atoms with Crippen LogP contribution in [0.15, 0.2) is 36.4 Å². The molecule has 0 aliphatic rings. The Labute approximate surface area is 102 Å². The Kier molecular flexibility index (Phi) is 3.20. The molecule has 0 spiro atoms. The Morgan fingerprint density at radius 2 is 1.76 bits per heavy atom. The number of aldehydes is 1. The molecule has 0 saturated carbocycles. The van der Waals surface area contributed by atoms with Crippen LogP contribution in [0.2, 0.25) is 5.02 Å². The molecule has 0 unspecified atom stereocenters. The molecule has 0 amide bonds. The van der Waals surface area contributed by atoms with Crippen LogP contribution in [0.5, 0.6) is 0 Å². The van der Waals surface area contributed by atoms with Crippen LogP contribution in [-0.2, 0) is 0 Å². The zero-order valence-corrected chi connectivity index (χ0v) is 9.34. The van der Waals surface area contributed by atoms with E-state index in [1.165, 1.54) is 12.1 Å². The quantitative estimate of drug-likeness (QED) is 0.736. The van der Waals surface area contributed by atoms with Crippen molar-refractivity contribution in [3.05, 3.63) is 58.6 Å². The fourth-order valence-electron chi connectivity index (χ4n) is 1.50. The Morgan fingerprint density at radius 1 is 1.00 bits per heavy atom. The second-order valence-electron chi connectivity index (χ2n) is 3.49. The molecule has 1 nitrogen and oxygen atoms in total. The maximum Gasteiger partial charge on any atom is 0.159 e. The molecule has 0 fully saturated rings. The minimum Gasteiger partial charge on any atom is -0.298 e. The van der Waals surface area contributed by atoms with Crippen molar-refractivity contribution < 1.29 is 13.6 Å². The smallest absolute Gasteiger partial charge is 0.159 e. The molecule has 0 saturated heterocycles. The second kappa shape index (κ2) is 4.63. The van der Waals surface area contributed by atoms with Gasteiger partial charge in [-0.1, -0.05) is 29.8 Å². The lowest BCUT2D eigenvalue weighted by molar-refractivity contribution is 0.112. The Balaban J connectivity index is 2.52. The van der Waals surface area contributed by atoms with Gasteiger partial charge in [0.05, 0.1) is 0 Å². The summed E-state index contributed by atoms with van der Waals surface area (Å²) < 4.78 is 25.8. The molecular weight excluding hydrogens is 246 g/mol. The van der Waals surface area contributed by atoms with Gasteiger partial charge in [-0.05, 0) is 23.8 Å². The molecule has 0 atom stereocenters.